The van der Waals surface area contributed by atoms with Crippen LogP contribution in [0.2, 0.25) is 0 Å². The van der Waals surface area contributed by atoms with Crippen molar-refractivity contribution < 1.29 is 14.0 Å². The Morgan fingerprint density at radius 2 is 1.95 bits per heavy atom. The molecule has 0 bridgehead atoms. The van der Waals surface area contributed by atoms with Crippen molar-refractivity contribution >= 4 is 17.5 Å². The number of carbonyl (C=O) groups is 2. The minimum absolute atomic E-state index is 0.102. The zero-order valence-electron chi connectivity index (χ0n) is 11.6. The molecule has 0 atom stereocenters. The molecule has 0 fully saturated rings. The van der Waals surface area contributed by atoms with Gasteiger partial charge >= 0.3 is 0 Å². The number of halogens is 1. The lowest BCUT2D eigenvalue weighted by Crippen LogP contribution is -2.19. The van der Waals surface area contributed by atoms with Crippen LogP contribution in [0.1, 0.15) is 26.3 Å². The van der Waals surface area contributed by atoms with Crippen LogP contribution in [0.3, 0.4) is 0 Å². The van der Waals surface area contributed by atoms with Crippen molar-refractivity contribution in [2.45, 2.75) is 6.92 Å². The largest absolute Gasteiger partial charge is 0.355 e. The van der Waals surface area contributed by atoms with Crippen LogP contribution >= 0.6 is 0 Å². The van der Waals surface area contributed by atoms with Crippen molar-refractivity contribution in [3.05, 3.63) is 59.2 Å². The summed E-state index contributed by atoms with van der Waals surface area (Å²) < 4.78 is 13.5. The Labute approximate surface area is 121 Å². The van der Waals surface area contributed by atoms with Gasteiger partial charge in [0, 0.05) is 24.5 Å². The molecule has 0 spiro atoms. The van der Waals surface area contributed by atoms with E-state index in [1.165, 1.54) is 19.3 Å². The van der Waals surface area contributed by atoms with Crippen molar-refractivity contribution in [3.63, 3.8) is 0 Å². The van der Waals surface area contributed by atoms with E-state index in [0.29, 0.717) is 11.3 Å². The molecule has 0 radical (unpaired) electrons. The monoisotopic (exact) mass is 287 g/mol. The first-order valence-electron chi connectivity index (χ1n) is 6.26. The van der Waals surface area contributed by atoms with Crippen LogP contribution in [0.15, 0.2) is 36.7 Å². The van der Waals surface area contributed by atoms with Gasteiger partial charge in [-0.1, -0.05) is 6.07 Å². The standard InChI is InChI=1S/C15H14FN3O2/c1-9-3-4-10(14(20)17-2)7-13(9)19-15(21)11-5-6-18-8-12(11)16/h3-8H,1-2H3,(H,17,20)(H,19,21). The van der Waals surface area contributed by atoms with E-state index < -0.39 is 11.7 Å². The molecule has 0 saturated carbocycles. The third kappa shape index (κ3) is 3.22. The van der Waals surface area contributed by atoms with Gasteiger partial charge in [-0.05, 0) is 30.7 Å². The van der Waals surface area contributed by atoms with Crippen LogP contribution < -0.4 is 10.6 Å². The van der Waals surface area contributed by atoms with E-state index in [9.17, 15) is 14.0 Å². The second-order valence-corrected chi connectivity index (χ2v) is 4.42. The number of pyridine rings is 1. The molecule has 0 unspecified atom stereocenters. The van der Waals surface area contributed by atoms with E-state index in [4.69, 9.17) is 0 Å². The molecule has 1 aromatic carbocycles. The van der Waals surface area contributed by atoms with Crippen molar-refractivity contribution in [2.24, 2.45) is 0 Å². The van der Waals surface area contributed by atoms with Crippen LogP contribution in [0.5, 0.6) is 0 Å². The number of benzene rings is 1. The topological polar surface area (TPSA) is 71.1 Å². The minimum Gasteiger partial charge on any atom is -0.355 e. The highest BCUT2D eigenvalue weighted by Gasteiger charge is 2.13. The molecule has 0 aliphatic heterocycles. The average molecular weight is 287 g/mol. The normalized spacial score (nSPS) is 10.0. The van der Waals surface area contributed by atoms with E-state index >= 15 is 0 Å². The highest BCUT2D eigenvalue weighted by molar-refractivity contribution is 6.05. The SMILES string of the molecule is CNC(=O)c1ccc(C)c(NC(=O)c2ccncc2F)c1. The molecule has 21 heavy (non-hydrogen) atoms. The number of rotatable bonds is 3. The number of aromatic nitrogens is 1. The van der Waals surface area contributed by atoms with Gasteiger partial charge in [0.25, 0.3) is 11.8 Å². The summed E-state index contributed by atoms with van der Waals surface area (Å²) in [6, 6.07) is 6.20. The number of hydrogen-bond donors (Lipinski definition) is 2. The molecule has 1 heterocycles. The highest BCUT2D eigenvalue weighted by Crippen LogP contribution is 2.18. The summed E-state index contributed by atoms with van der Waals surface area (Å²) in [6.07, 6.45) is 2.31. The number of hydrogen-bond acceptors (Lipinski definition) is 3. The maximum absolute atomic E-state index is 13.5. The Morgan fingerprint density at radius 1 is 1.19 bits per heavy atom. The Bertz CT molecular complexity index is 701. The summed E-state index contributed by atoms with van der Waals surface area (Å²) in [5.74, 6) is -1.55. The highest BCUT2D eigenvalue weighted by atomic mass is 19.1. The van der Waals surface area contributed by atoms with E-state index in [2.05, 4.69) is 15.6 Å². The van der Waals surface area contributed by atoms with Crippen LogP contribution in [0, 0.1) is 12.7 Å². The first-order chi connectivity index (χ1) is 10.0. The van der Waals surface area contributed by atoms with E-state index in [1.807, 2.05) is 0 Å². The molecule has 0 saturated heterocycles. The summed E-state index contributed by atoms with van der Waals surface area (Å²) in [7, 11) is 1.52. The van der Waals surface area contributed by atoms with Gasteiger partial charge in [0.1, 0.15) is 0 Å². The minimum atomic E-state index is -0.699. The van der Waals surface area contributed by atoms with Crippen LogP contribution in [-0.4, -0.2) is 23.8 Å². The van der Waals surface area contributed by atoms with Gasteiger partial charge < -0.3 is 10.6 Å². The molecular weight excluding hydrogens is 273 g/mol. The predicted octanol–water partition coefficient (Wildman–Crippen LogP) is 2.14. The number of aryl methyl sites for hydroxylation is 1. The summed E-state index contributed by atoms with van der Waals surface area (Å²) in [6.45, 7) is 1.78. The maximum atomic E-state index is 13.5. The van der Waals surface area contributed by atoms with Gasteiger partial charge in [0.15, 0.2) is 5.82 Å². The van der Waals surface area contributed by atoms with Gasteiger partial charge in [-0.2, -0.15) is 0 Å². The first kappa shape index (κ1) is 14.6. The van der Waals surface area contributed by atoms with Crippen molar-refractivity contribution in [1.82, 2.24) is 10.3 Å². The Balaban J connectivity index is 2.29. The van der Waals surface area contributed by atoms with E-state index in [-0.39, 0.29) is 11.5 Å². The summed E-state index contributed by atoms with van der Waals surface area (Å²) in [5, 5.41) is 5.10. The zero-order chi connectivity index (χ0) is 15.4. The van der Waals surface area contributed by atoms with E-state index in [1.54, 1.807) is 25.1 Å². The summed E-state index contributed by atoms with van der Waals surface area (Å²) >= 11 is 0. The van der Waals surface area contributed by atoms with Gasteiger partial charge in [-0.15, -0.1) is 0 Å². The predicted molar refractivity (Wildman–Crippen MR) is 76.7 cm³/mol. The van der Waals surface area contributed by atoms with Crippen molar-refractivity contribution in [1.29, 1.82) is 0 Å². The molecule has 2 rings (SSSR count). The molecule has 108 valence electrons. The second kappa shape index (κ2) is 6.13. The van der Waals surface area contributed by atoms with Crippen molar-refractivity contribution in [2.75, 3.05) is 12.4 Å². The maximum Gasteiger partial charge on any atom is 0.258 e. The van der Waals surface area contributed by atoms with Crippen LogP contribution in [0.4, 0.5) is 10.1 Å². The number of nitrogens with zero attached hydrogens (tertiary/aromatic N) is 1. The average Bonchev–Trinajstić information content (AvgIpc) is 2.49. The molecule has 0 aliphatic carbocycles. The van der Waals surface area contributed by atoms with E-state index in [0.717, 1.165) is 11.8 Å². The second-order valence-electron chi connectivity index (χ2n) is 4.42. The molecule has 1 aromatic heterocycles. The third-order valence-electron chi connectivity index (χ3n) is 2.99. The Morgan fingerprint density at radius 3 is 2.62 bits per heavy atom. The van der Waals surface area contributed by atoms with Gasteiger partial charge in [0.2, 0.25) is 0 Å². The summed E-state index contributed by atoms with van der Waals surface area (Å²) in [4.78, 5) is 27.2. The fourth-order valence-corrected chi connectivity index (χ4v) is 1.79. The quantitative estimate of drug-likeness (QED) is 0.908. The van der Waals surface area contributed by atoms with Gasteiger partial charge in [-0.3, -0.25) is 14.6 Å². The zero-order valence-corrected chi connectivity index (χ0v) is 11.6. The lowest BCUT2D eigenvalue weighted by molar-refractivity contribution is 0.0961. The Kier molecular flexibility index (Phi) is 4.27. The lowest BCUT2D eigenvalue weighted by Gasteiger charge is -2.10. The number of nitrogens with one attached hydrogen (secondary N) is 2. The smallest absolute Gasteiger partial charge is 0.258 e. The molecule has 6 heteroatoms. The molecular formula is C15H14FN3O2. The number of amides is 2. The third-order valence-corrected chi connectivity index (χ3v) is 2.99. The number of carbonyl (C=O) groups excluding carboxylic acids is 2. The molecule has 0 aliphatic rings. The van der Waals surface area contributed by atoms with Crippen LogP contribution in [0.25, 0.3) is 0 Å². The Hall–Kier alpha value is -2.76. The number of anilines is 1. The van der Waals surface area contributed by atoms with Crippen molar-refractivity contribution in [3.8, 4) is 0 Å². The van der Waals surface area contributed by atoms with Crippen LogP contribution in [-0.2, 0) is 0 Å². The molecule has 2 aromatic rings. The van der Waals surface area contributed by atoms with Gasteiger partial charge in [-0.25, -0.2) is 4.39 Å². The summed E-state index contributed by atoms with van der Waals surface area (Å²) in [5.41, 5.74) is 1.53. The molecule has 5 nitrogen and oxygen atoms in total. The van der Waals surface area contributed by atoms with Gasteiger partial charge in [0.05, 0.1) is 11.8 Å². The fourth-order valence-electron chi connectivity index (χ4n) is 1.79. The lowest BCUT2D eigenvalue weighted by atomic mass is 10.1. The first-order valence-corrected chi connectivity index (χ1v) is 6.26. The molecule has 2 N–H and O–H groups in total. The molecule has 2 amide bonds. The fraction of sp³-hybridized carbons (Fsp3) is 0.133.